The van der Waals surface area contributed by atoms with Gasteiger partial charge in [-0.25, -0.2) is 0 Å². The van der Waals surface area contributed by atoms with Crippen LogP contribution in [0, 0.1) is 0 Å². The topological polar surface area (TPSA) is 12.9 Å². The third-order valence-electron chi connectivity index (χ3n) is 2.70. The van der Waals surface area contributed by atoms with Gasteiger partial charge in [0.1, 0.15) is 5.41 Å². The maximum atomic E-state index is 13.2. The van der Waals surface area contributed by atoms with Crippen LogP contribution in [-0.2, 0) is 5.41 Å². The second-order valence-corrected chi connectivity index (χ2v) is 3.68. The molecule has 0 radical (unpaired) electrons. The second-order valence-electron chi connectivity index (χ2n) is 3.68. The number of halogens is 3. The number of alkyl halides is 3. The van der Waals surface area contributed by atoms with Crippen molar-refractivity contribution >= 4 is 0 Å². The molecule has 0 saturated carbocycles. The van der Waals surface area contributed by atoms with Crippen molar-refractivity contribution in [2.45, 2.75) is 18.0 Å². The summed E-state index contributed by atoms with van der Waals surface area (Å²) in [5.41, 5.74) is -1.92. The van der Waals surface area contributed by atoms with Crippen LogP contribution in [0.2, 0.25) is 0 Å². The Kier molecular flexibility index (Phi) is 2.58. The molecule has 1 aromatic heterocycles. The highest BCUT2D eigenvalue weighted by Crippen LogP contribution is 2.45. The van der Waals surface area contributed by atoms with E-state index in [0.717, 1.165) is 0 Å². The van der Waals surface area contributed by atoms with E-state index < -0.39 is 11.6 Å². The smallest absolute Gasteiger partial charge is 0.260 e. The summed E-state index contributed by atoms with van der Waals surface area (Å²) in [6, 6.07) is 4.59. The van der Waals surface area contributed by atoms with E-state index in [9.17, 15) is 13.2 Å². The number of hydrogen-bond acceptors (Lipinski definition) is 1. The fourth-order valence-electron chi connectivity index (χ4n) is 1.79. The first-order valence-corrected chi connectivity index (χ1v) is 4.89. The van der Waals surface area contributed by atoms with Crippen molar-refractivity contribution in [1.82, 2.24) is 4.98 Å². The van der Waals surface area contributed by atoms with Crippen LogP contribution in [0.25, 0.3) is 0 Å². The van der Waals surface area contributed by atoms with E-state index in [2.05, 4.69) is 4.98 Å². The van der Waals surface area contributed by atoms with Crippen LogP contribution in [0.5, 0.6) is 0 Å². The molecule has 0 aromatic carbocycles. The summed E-state index contributed by atoms with van der Waals surface area (Å²) in [4.78, 5) is 3.84. The van der Waals surface area contributed by atoms with Crippen molar-refractivity contribution in [3.63, 3.8) is 0 Å². The van der Waals surface area contributed by atoms with E-state index >= 15 is 0 Å². The van der Waals surface area contributed by atoms with E-state index in [1.54, 1.807) is 18.2 Å². The van der Waals surface area contributed by atoms with Gasteiger partial charge in [0.2, 0.25) is 0 Å². The number of hydrogen-bond donors (Lipinski definition) is 0. The van der Waals surface area contributed by atoms with Gasteiger partial charge in [-0.1, -0.05) is 30.4 Å². The molecule has 16 heavy (non-hydrogen) atoms. The SMILES string of the molecule is FC(F)(F)C1(c2ccccn2)C=CC=CC1. The molecule has 84 valence electrons. The lowest BCUT2D eigenvalue weighted by Gasteiger charge is -2.32. The van der Waals surface area contributed by atoms with Crippen LogP contribution in [-0.4, -0.2) is 11.2 Å². The number of allylic oxidation sites excluding steroid dienone is 4. The third-order valence-corrected chi connectivity index (χ3v) is 2.70. The molecule has 0 bridgehead atoms. The Morgan fingerprint density at radius 3 is 2.50 bits per heavy atom. The second kappa shape index (κ2) is 3.77. The molecule has 0 spiro atoms. The lowest BCUT2D eigenvalue weighted by atomic mass is 9.77. The summed E-state index contributed by atoms with van der Waals surface area (Å²) in [5.74, 6) is 0. The first-order chi connectivity index (χ1) is 7.56. The van der Waals surface area contributed by atoms with Crippen molar-refractivity contribution < 1.29 is 13.2 Å². The fraction of sp³-hybridized carbons (Fsp3) is 0.250. The summed E-state index contributed by atoms with van der Waals surface area (Å²) in [6.45, 7) is 0. The Hall–Kier alpha value is -1.58. The molecular weight excluding hydrogens is 215 g/mol. The van der Waals surface area contributed by atoms with Gasteiger partial charge in [-0.05, 0) is 18.6 Å². The third kappa shape index (κ3) is 1.64. The average molecular weight is 225 g/mol. The molecule has 0 fully saturated rings. The molecule has 1 aromatic rings. The zero-order chi connectivity index (χ0) is 11.6. The molecule has 0 aliphatic heterocycles. The van der Waals surface area contributed by atoms with Crippen LogP contribution in [0.4, 0.5) is 13.2 Å². The molecule has 1 aliphatic carbocycles. The average Bonchev–Trinajstić information content (AvgIpc) is 2.30. The quantitative estimate of drug-likeness (QED) is 0.713. The van der Waals surface area contributed by atoms with Crippen LogP contribution in [0.15, 0.2) is 48.7 Å². The van der Waals surface area contributed by atoms with Gasteiger partial charge in [-0.3, -0.25) is 4.98 Å². The van der Waals surface area contributed by atoms with Crippen molar-refractivity contribution in [2.24, 2.45) is 0 Å². The van der Waals surface area contributed by atoms with Crippen molar-refractivity contribution in [3.8, 4) is 0 Å². The molecule has 1 nitrogen and oxygen atoms in total. The highest BCUT2D eigenvalue weighted by molar-refractivity contribution is 5.33. The highest BCUT2D eigenvalue weighted by atomic mass is 19.4. The van der Waals surface area contributed by atoms with Gasteiger partial charge >= 0.3 is 6.18 Å². The fourth-order valence-corrected chi connectivity index (χ4v) is 1.79. The molecular formula is C12H10F3N. The Morgan fingerprint density at radius 2 is 2.00 bits per heavy atom. The monoisotopic (exact) mass is 225 g/mol. The standard InChI is InChI=1S/C12H10F3N/c13-12(14,15)11(7-3-1-4-8-11)10-6-2-5-9-16-10/h1-7,9H,8H2. The largest absolute Gasteiger partial charge is 0.403 e. The van der Waals surface area contributed by atoms with Gasteiger partial charge in [-0.15, -0.1) is 0 Å². The summed E-state index contributed by atoms with van der Waals surface area (Å²) in [5, 5.41) is 0. The van der Waals surface area contributed by atoms with Gasteiger partial charge in [0.25, 0.3) is 0 Å². The van der Waals surface area contributed by atoms with Crippen LogP contribution in [0.1, 0.15) is 12.1 Å². The molecule has 0 saturated heterocycles. The maximum Gasteiger partial charge on any atom is 0.403 e. The Morgan fingerprint density at radius 1 is 1.19 bits per heavy atom. The molecule has 2 rings (SSSR count). The van der Waals surface area contributed by atoms with E-state index in [1.807, 2.05) is 0 Å². The minimum atomic E-state index is -4.33. The summed E-state index contributed by atoms with van der Waals surface area (Å²) >= 11 is 0. The predicted molar refractivity (Wildman–Crippen MR) is 54.9 cm³/mol. The lowest BCUT2D eigenvalue weighted by molar-refractivity contribution is -0.176. The summed E-state index contributed by atoms with van der Waals surface area (Å²) < 4.78 is 39.5. The van der Waals surface area contributed by atoms with Gasteiger partial charge in [0.05, 0.1) is 5.69 Å². The van der Waals surface area contributed by atoms with Crippen molar-refractivity contribution in [1.29, 1.82) is 0 Å². The number of aromatic nitrogens is 1. The number of rotatable bonds is 1. The predicted octanol–water partition coefficient (Wildman–Crippen LogP) is 3.40. The molecule has 1 atom stereocenters. The molecule has 1 aliphatic rings. The Bertz CT molecular complexity index is 420. The van der Waals surface area contributed by atoms with Gasteiger partial charge in [0.15, 0.2) is 0 Å². The molecule has 1 unspecified atom stereocenters. The van der Waals surface area contributed by atoms with E-state index in [0.29, 0.717) is 0 Å². The molecule has 0 amide bonds. The minimum Gasteiger partial charge on any atom is -0.260 e. The maximum absolute atomic E-state index is 13.2. The van der Waals surface area contributed by atoms with Crippen molar-refractivity contribution in [3.05, 3.63) is 54.4 Å². The zero-order valence-electron chi connectivity index (χ0n) is 8.41. The van der Waals surface area contributed by atoms with E-state index in [-0.39, 0.29) is 12.1 Å². The van der Waals surface area contributed by atoms with Gasteiger partial charge < -0.3 is 0 Å². The highest BCUT2D eigenvalue weighted by Gasteiger charge is 2.54. The first-order valence-electron chi connectivity index (χ1n) is 4.89. The Balaban J connectivity index is 2.52. The zero-order valence-corrected chi connectivity index (χ0v) is 8.41. The van der Waals surface area contributed by atoms with Crippen molar-refractivity contribution in [2.75, 3.05) is 0 Å². The molecule has 0 N–H and O–H groups in total. The molecule has 4 heteroatoms. The normalized spacial score (nSPS) is 24.7. The van der Waals surface area contributed by atoms with Gasteiger partial charge in [0, 0.05) is 6.20 Å². The summed E-state index contributed by atoms with van der Waals surface area (Å²) in [7, 11) is 0. The van der Waals surface area contributed by atoms with E-state index in [4.69, 9.17) is 0 Å². The van der Waals surface area contributed by atoms with Crippen LogP contribution in [0.3, 0.4) is 0 Å². The minimum absolute atomic E-state index is 0.0445. The van der Waals surface area contributed by atoms with Gasteiger partial charge in [-0.2, -0.15) is 13.2 Å². The van der Waals surface area contributed by atoms with Crippen LogP contribution < -0.4 is 0 Å². The lowest BCUT2D eigenvalue weighted by Crippen LogP contribution is -2.41. The number of pyridine rings is 1. The first kappa shape index (κ1) is 10.9. The Labute approximate surface area is 91.3 Å². The number of nitrogens with zero attached hydrogens (tertiary/aromatic N) is 1. The molecule has 1 heterocycles. The summed E-state index contributed by atoms with van der Waals surface area (Å²) in [6.07, 6.45) is 2.69. The van der Waals surface area contributed by atoms with E-state index in [1.165, 1.54) is 30.5 Å². The van der Waals surface area contributed by atoms with Crippen LogP contribution >= 0.6 is 0 Å².